The van der Waals surface area contributed by atoms with Crippen molar-refractivity contribution in [1.82, 2.24) is 24.8 Å². The van der Waals surface area contributed by atoms with Gasteiger partial charge in [0, 0.05) is 36.1 Å². The smallest absolute Gasteiger partial charge is 0.266 e. The van der Waals surface area contributed by atoms with Crippen molar-refractivity contribution in [3.8, 4) is 11.3 Å². The van der Waals surface area contributed by atoms with Crippen LogP contribution in [0.15, 0.2) is 52.0 Å². The van der Waals surface area contributed by atoms with Gasteiger partial charge < -0.3 is 4.52 Å². The molecule has 3 aromatic rings. The highest BCUT2D eigenvalue weighted by Gasteiger charge is 2.26. The SMILES string of the molecule is Cc1cc(CN2CCCC2Cn2nc(-c3ccncc3)ccc2=O)on1. The van der Waals surface area contributed by atoms with Crippen molar-refractivity contribution in [2.24, 2.45) is 0 Å². The zero-order valence-electron chi connectivity index (χ0n) is 14.7. The van der Waals surface area contributed by atoms with Gasteiger partial charge in [-0.15, -0.1) is 0 Å². The highest BCUT2D eigenvalue weighted by Crippen LogP contribution is 2.22. The van der Waals surface area contributed by atoms with E-state index >= 15 is 0 Å². The average molecular weight is 351 g/mol. The third-order valence-electron chi connectivity index (χ3n) is 4.76. The molecule has 0 radical (unpaired) electrons. The molecule has 0 amide bonds. The van der Waals surface area contributed by atoms with Gasteiger partial charge in [0.05, 0.1) is 24.5 Å². The Bertz CT molecular complexity index is 934. The van der Waals surface area contributed by atoms with Crippen LogP contribution in [0, 0.1) is 6.92 Å². The van der Waals surface area contributed by atoms with E-state index in [1.165, 1.54) is 0 Å². The Labute approximate surface area is 151 Å². The first-order valence-corrected chi connectivity index (χ1v) is 8.84. The van der Waals surface area contributed by atoms with E-state index in [-0.39, 0.29) is 11.6 Å². The van der Waals surface area contributed by atoms with Crippen molar-refractivity contribution < 1.29 is 4.52 Å². The minimum atomic E-state index is -0.0786. The van der Waals surface area contributed by atoms with E-state index in [9.17, 15) is 4.79 Å². The molecule has 1 atom stereocenters. The molecule has 0 bridgehead atoms. The number of hydrogen-bond acceptors (Lipinski definition) is 6. The summed E-state index contributed by atoms with van der Waals surface area (Å²) in [5.74, 6) is 0.861. The lowest BCUT2D eigenvalue weighted by Crippen LogP contribution is -2.36. The normalized spacial score (nSPS) is 17.7. The average Bonchev–Trinajstić information content (AvgIpc) is 3.27. The van der Waals surface area contributed by atoms with E-state index in [0.29, 0.717) is 13.1 Å². The zero-order valence-corrected chi connectivity index (χ0v) is 14.7. The van der Waals surface area contributed by atoms with Crippen molar-refractivity contribution in [3.63, 3.8) is 0 Å². The predicted octanol–water partition coefficient (Wildman–Crippen LogP) is 2.27. The van der Waals surface area contributed by atoms with Crippen LogP contribution in [0.4, 0.5) is 0 Å². The summed E-state index contributed by atoms with van der Waals surface area (Å²) < 4.78 is 6.92. The number of rotatable bonds is 5. The predicted molar refractivity (Wildman–Crippen MR) is 96.4 cm³/mol. The zero-order chi connectivity index (χ0) is 17.9. The summed E-state index contributed by atoms with van der Waals surface area (Å²) in [6.07, 6.45) is 5.60. The van der Waals surface area contributed by atoms with E-state index in [2.05, 4.69) is 20.1 Å². The molecule has 0 spiro atoms. The van der Waals surface area contributed by atoms with Crippen molar-refractivity contribution in [1.29, 1.82) is 0 Å². The second kappa shape index (κ2) is 7.21. The Kier molecular flexibility index (Phi) is 4.62. The molecule has 4 rings (SSSR count). The molecule has 1 unspecified atom stereocenters. The maximum atomic E-state index is 12.3. The number of aromatic nitrogens is 4. The molecule has 1 aliphatic rings. The van der Waals surface area contributed by atoms with E-state index in [1.807, 2.05) is 25.1 Å². The number of likely N-dealkylation sites (tertiary alicyclic amines) is 1. The Morgan fingerprint density at radius 1 is 1.23 bits per heavy atom. The van der Waals surface area contributed by atoms with E-state index in [1.54, 1.807) is 29.2 Å². The third-order valence-corrected chi connectivity index (χ3v) is 4.76. The van der Waals surface area contributed by atoms with Gasteiger partial charge in [-0.05, 0) is 44.5 Å². The highest BCUT2D eigenvalue weighted by atomic mass is 16.5. The largest absolute Gasteiger partial charge is 0.360 e. The Morgan fingerprint density at radius 3 is 2.85 bits per heavy atom. The van der Waals surface area contributed by atoms with Gasteiger partial charge in [-0.1, -0.05) is 5.16 Å². The van der Waals surface area contributed by atoms with Gasteiger partial charge in [0.2, 0.25) is 0 Å². The number of aryl methyl sites for hydroxylation is 1. The van der Waals surface area contributed by atoms with Crippen LogP contribution in [-0.2, 0) is 13.1 Å². The van der Waals surface area contributed by atoms with Gasteiger partial charge in [0.25, 0.3) is 5.56 Å². The molecule has 0 aromatic carbocycles. The maximum absolute atomic E-state index is 12.3. The van der Waals surface area contributed by atoms with Crippen LogP contribution >= 0.6 is 0 Å². The Balaban J connectivity index is 1.53. The fourth-order valence-corrected chi connectivity index (χ4v) is 3.46. The van der Waals surface area contributed by atoms with Gasteiger partial charge in [0.1, 0.15) is 0 Å². The summed E-state index contributed by atoms with van der Waals surface area (Å²) >= 11 is 0. The summed E-state index contributed by atoms with van der Waals surface area (Å²) in [6.45, 7) is 4.20. The van der Waals surface area contributed by atoms with Crippen LogP contribution in [0.1, 0.15) is 24.3 Å². The molecule has 26 heavy (non-hydrogen) atoms. The van der Waals surface area contributed by atoms with Crippen LogP contribution in [-0.4, -0.2) is 37.4 Å². The lowest BCUT2D eigenvalue weighted by atomic mass is 10.2. The van der Waals surface area contributed by atoms with Crippen LogP contribution < -0.4 is 5.56 Å². The molecular weight excluding hydrogens is 330 g/mol. The monoisotopic (exact) mass is 351 g/mol. The first-order chi connectivity index (χ1) is 12.7. The molecule has 7 nitrogen and oxygen atoms in total. The lowest BCUT2D eigenvalue weighted by Gasteiger charge is -2.23. The quantitative estimate of drug-likeness (QED) is 0.702. The lowest BCUT2D eigenvalue weighted by molar-refractivity contribution is 0.194. The summed E-state index contributed by atoms with van der Waals surface area (Å²) in [7, 11) is 0. The first kappa shape index (κ1) is 16.7. The van der Waals surface area contributed by atoms with Crippen LogP contribution in [0.5, 0.6) is 0 Å². The van der Waals surface area contributed by atoms with Crippen molar-refractivity contribution in [3.05, 3.63) is 64.5 Å². The Hall–Kier alpha value is -2.80. The minimum absolute atomic E-state index is 0.0786. The molecule has 0 aliphatic carbocycles. The summed E-state index contributed by atoms with van der Waals surface area (Å²) in [6, 6.07) is 9.36. The van der Waals surface area contributed by atoms with Crippen LogP contribution in [0.25, 0.3) is 11.3 Å². The molecule has 134 valence electrons. The fraction of sp³-hybridized carbons (Fsp3) is 0.368. The van der Waals surface area contributed by atoms with Gasteiger partial charge in [-0.2, -0.15) is 5.10 Å². The molecule has 1 aliphatic heterocycles. The van der Waals surface area contributed by atoms with E-state index < -0.39 is 0 Å². The van der Waals surface area contributed by atoms with E-state index in [0.717, 1.165) is 42.1 Å². The van der Waals surface area contributed by atoms with E-state index in [4.69, 9.17) is 4.52 Å². The highest BCUT2D eigenvalue weighted by molar-refractivity contribution is 5.56. The number of pyridine rings is 1. The number of hydrogen-bond donors (Lipinski definition) is 0. The molecular formula is C19H21N5O2. The van der Waals surface area contributed by atoms with Gasteiger partial charge >= 0.3 is 0 Å². The molecule has 7 heteroatoms. The van der Waals surface area contributed by atoms with Crippen LogP contribution in [0.2, 0.25) is 0 Å². The van der Waals surface area contributed by atoms with Gasteiger partial charge in [0.15, 0.2) is 5.76 Å². The molecule has 4 heterocycles. The second-order valence-corrected chi connectivity index (χ2v) is 6.68. The fourth-order valence-electron chi connectivity index (χ4n) is 3.46. The van der Waals surface area contributed by atoms with Crippen molar-refractivity contribution >= 4 is 0 Å². The van der Waals surface area contributed by atoms with Crippen LogP contribution in [0.3, 0.4) is 0 Å². The maximum Gasteiger partial charge on any atom is 0.266 e. The molecule has 3 aromatic heterocycles. The number of nitrogens with zero attached hydrogens (tertiary/aromatic N) is 5. The second-order valence-electron chi connectivity index (χ2n) is 6.68. The van der Waals surface area contributed by atoms with Gasteiger partial charge in [-0.3, -0.25) is 14.7 Å². The van der Waals surface area contributed by atoms with Gasteiger partial charge in [-0.25, -0.2) is 4.68 Å². The molecule has 0 N–H and O–H groups in total. The first-order valence-electron chi connectivity index (χ1n) is 8.84. The molecule has 1 fully saturated rings. The standard InChI is InChI=1S/C19H21N5O2/c1-14-11-17(26-22-14)13-23-10-2-3-16(23)12-24-19(25)5-4-18(21-24)15-6-8-20-9-7-15/h4-9,11,16H,2-3,10,12-13H2,1H3. The third kappa shape index (κ3) is 3.57. The van der Waals surface area contributed by atoms with Crippen molar-refractivity contribution in [2.75, 3.05) is 6.54 Å². The molecule has 0 saturated carbocycles. The Morgan fingerprint density at radius 2 is 2.08 bits per heavy atom. The topological polar surface area (TPSA) is 77.0 Å². The molecule has 1 saturated heterocycles. The van der Waals surface area contributed by atoms with Crippen molar-refractivity contribution in [2.45, 2.75) is 38.9 Å². The minimum Gasteiger partial charge on any atom is -0.360 e. The summed E-state index contributed by atoms with van der Waals surface area (Å²) in [5, 5.41) is 8.52. The summed E-state index contributed by atoms with van der Waals surface area (Å²) in [4.78, 5) is 18.7. The summed E-state index contributed by atoms with van der Waals surface area (Å²) in [5.41, 5.74) is 2.54.